The number of nitrogens with one attached hydrogen (secondary N) is 1. The highest BCUT2D eigenvalue weighted by atomic mass is 19.4. The van der Waals surface area contributed by atoms with Gasteiger partial charge in [-0.2, -0.15) is 13.2 Å². The lowest BCUT2D eigenvalue weighted by atomic mass is 10.2. The van der Waals surface area contributed by atoms with Gasteiger partial charge in [-0.1, -0.05) is 6.92 Å². The van der Waals surface area contributed by atoms with Crippen molar-refractivity contribution >= 4 is 0 Å². The van der Waals surface area contributed by atoms with Gasteiger partial charge in [0.15, 0.2) is 0 Å². The first kappa shape index (κ1) is 14.7. The molecule has 0 fully saturated rings. The number of likely N-dealkylation sites (N-methyl/N-ethyl adjacent to an activating group) is 1. The third-order valence-electron chi connectivity index (χ3n) is 2.26. The molecule has 0 rings (SSSR count). The molecule has 5 heteroatoms. The normalized spacial score (nSPS) is 14.6. The molecule has 15 heavy (non-hydrogen) atoms. The summed E-state index contributed by atoms with van der Waals surface area (Å²) in [4.78, 5) is 2.13. The predicted octanol–water partition coefficient (Wildman–Crippen LogP) is 2.26. The van der Waals surface area contributed by atoms with Gasteiger partial charge >= 0.3 is 6.18 Å². The summed E-state index contributed by atoms with van der Waals surface area (Å²) in [5.41, 5.74) is 0. The van der Waals surface area contributed by atoms with Crippen LogP contribution in [0.1, 0.15) is 26.7 Å². The zero-order valence-electron chi connectivity index (χ0n) is 9.69. The van der Waals surface area contributed by atoms with Crippen LogP contribution in [-0.4, -0.2) is 43.8 Å². The number of halogens is 3. The van der Waals surface area contributed by atoms with Gasteiger partial charge in [0.1, 0.15) is 0 Å². The van der Waals surface area contributed by atoms with Crippen LogP contribution in [0.2, 0.25) is 0 Å². The summed E-state index contributed by atoms with van der Waals surface area (Å²) in [7, 11) is 1.99. The van der Waals surface area contributed by atoms with Gasteiger partial charge in [-0.05, 0) is 33.5 Å². The molecule has 2 nitrogen and oxygen atoms in total. The van der Waals surface area contributed by atoms with Crippen molar-refractivity contribution < 1.29 is 13.2 Å². The Hall–Kier alpha value is -0.290. The number of alkyl halides is 3. The molecule has 0 saturated heterocycles. The van der Waals surface area contributed by atoms with Crippen molar-refractivity contribution in [2.24, 2.45) is 0 Å². The summed E-state index contributed by atoms with van der Waals surface area (Å²) in [6.07, 6.45) is -4.56. The molecule has 0 radical (unpaired) electrons. The van der Waals surface area contributed by atoms with Crippen molar-refractivity contribution in [3.8, 4) is 0 Å². The molecule has 1 N–H and O–H groups in total. The Kier molecular flexibility index (Phi) is 6.92. The topological polar surface area (TPSA) is 15.3 Å². The lowest BCUT2D eigenvalue weighted by Crippen LogP contribution is -2.37. The van der Waals surface area contributed by atoms with E-state index in [1.807, 2.05) is 14.0 Å². The molecular formula is C10H21F3N2. The van der Waals surface area contributed by atoms with E-state index in [0.29, 0.717) is 6.54 Å². The quantitative estimate of drug-likeness (QED) is 0.670. The molecular weight excluding hydrogens is 205 g/mol. The van der Waals surface area contributed by atoms with E-state index in [1.54, 1.807) is 0 Å². The van der Waals surface area contributed by atoms with Crippen molar-refractivity contribution in [3.05, 3.63) is 0 Å². The molecule has 0 aromatic heterocycles. The Morgan fingerprint density at radius 2 is 1.93 bits per heavy atom. The van der Waals surface area contributed by atoms with Crippen LogP contribution in [0.3, 0.4) is 0 Å². The average Bonchev–Trinajstić information content (AvgIpc) is 2.11. The SMILES string of the molecule is CCN(C)CC(C)NCCCC(F)(F)F. The van der Waals surface area contributed by atoms with Crippen LogP contribution in [-0.2, 0) is 0 Å². The molecule has 0 aromatic carbocycles. The minimum Gasteiger partial charge on any atom is -0.313 e. The van der Waals surface area contributed by atoms with Gasteiger partial charge in [-0.15, -0.1) is 0 Å². The number of nitrogens with zero attached hydrogens (tertiary/aromatic N) is 1. The van der Waals surface area contributed by atoms with Gasteiger partial charge in [0, 0.05) is 19.0 Å². The van der Waals surface area contributed by atoms with E-state index in [9.17, 15) is 13.2 Å². The largest absolute Gasteiger partial charge is 0.389 e. The van der Waals surface area contributed by atoms with Gasteiger partial charge in [0.05, 0.1) is 0 Å². The smallest absolute Gasteiger partial charge is 0.313 e. The molecule has 1 atom stereocenters. The molecule has 0 aliphatic rings. The van der Waals surface area contributed by atoms with Crippen LogP contribution in [0, 0.1) is 0 Å². The van der Waals surface area contributed by atoms with Crippen LogP contribution in [0.4, 0.5) is 13.2 Å². The summed E-state index contributed by atoms with van der Waals surface area (Å²) < 4.78 is 35.4. The zero-order valence-corrected chi connectivity index (χ0v) is 9.69. The Balaban J connectivity index is 3.43. The Morgan fingerprint density at radius 3 is 2.40 bits per heavy atom. The van der Waals surface area contributed by atoms with Gasteiger partial charge in [-0.3, -0.25) is 0 Å². The summed E-state index contributed by atoms with van der Waals surface area (Å²) >= 11 is 0. The molecule has 92 valence electrons. The first-order valence-corrected chi connectivity index (χ1v) is 5.34. The molecule has 0 heterocycles. The monoisotopic (exact) mass is 226 g/mol. The lowest BCUT2D eigenvalue weighted by Gasteiger charge is -2.20. The fourth-order valence-corrected chi connectivity index (χ4v) is 1.30. The van der Waals surface area contributed by atoms with E-state index in [4.69, 9.17) is 0 Å². The fraction of sp³-hybridized carbons (Fsp3) is 1.00. The Labute approximate surface area is 89.8 Å². The Morgan fingerprint density at radius 1 is 1.33 bits per heavy atom. The molecule has 1 unspecified atom stereocenters. The van der Waals surface area contributed by atoms with E-state index in [2.05, 4.69) is 17.1 Å². The first-order chi connectivity index (χ1) is 6.85. The number of hydrogen-bond acceptors (Lipinski definition) is 2. The highest BCUT2D eigenvalue weighted by Crippen LogP contribution is 2.20. The second-order valence-electron chi connectivity index (χ2n) is 3.93. The van der Waals surface area contributed by atoms with Crippen LogP contribution in [0.25, 0.3) is 0 Å². The molecule has 0 aliphatic carbocycles. The van der Waals surface area contributed by atoms with Crippen molar-refractivity contribution in [2.45, 2.75) is 38.9 Å². The molecule has 0 saturated carbocycles. The fourth-order valence-electron chi connectivity index (χ4n) is 1.30. The standard InChI is InChI=1S/C10H21F3N2/c1-4-15(3)8-9(2)14-7-5-6-10(11,12)13/h9,14H,4-8H2,1-3H3. The molecule has 0 spiro atoms. The van der Waals surface area contributed by atoms with Crippen molar-refractivity contribution in [2.75, 3.05) is 26.7 Å². The van der Waals surface area contributed by atoms with E-state index >= 15 is 0 Å². The minimum atomic E-state index is -4.02. The average molecular weight is 226 g/mol. The van der Waals surface area contributed by atoms with E-state index in [0.717, 1.165) is 13.1 Å². The third kappa shape index (κ3) is 10.0. The molecule has 0 aromatic rings. The van der Waals surface area contributed by atoms with Crippen LogP contribution >= 0.6 is 0 Å². The molecule has 0 aliphatic heterocycles. The second kappa shape index (κ2) is 7.06. The first-order valence-electron chi connectivity index (χ1n) is 5.34. The molecule has 0 bridgehead atoms. The maximum atomic E-state index is 11.8. The maximum Gasteiger partial charge on any atom is 0.389 e. The second-order valence-corrected chi connectivity index (χ2v) is 3.93. The Bertz CT molecular complexity index is 159. The summed E-state index contributed by atoms with van der Waals surface area (Å²) in [5, 5.41) is 3.08. The number of hydrogen-bond donors (Lipinski definition) is 1. The minimum absolute atomic E-state index is 0.156. The summed E-state index contributed by atoms with van der Waals surface area (Å²) in [5.74, 6) is 0. The molecule has 0 amide bonds. The lowest BCUT2D eigenvalue weighted by molar-refractivity contribution is -0.135. The van der Waals surface area contributed by atoms with E-state index < -0.39 is 12.6 Å². The maximum absolute atomic E-state index is 11.8. The van der Waals surface area contributed by atoms with Gasteiger partial charge in [-0.25, -0.2) is 0 Å². The zero-order chi connectivity index (χ0) is 11.9. The highest BCUT2D eigenvalue weighted by Gasteiger charge is 2.25. The predicted molar refractivity (Wildman–Crippen MR) is 55.9 cm³/mol. The van der Waals surface area contributed by atoms with Gasteiger partial charge in [0.25, 0.3) is 0 Å². The summed E-state index contributed by atoms with van der Waals surface area (Å²) in [6.45, 7) is 6.28. The van der Waals surface area contributed by atoms with Crippen LogP contribution in [0.5, 0.6) is 0 Å². The summed E-state index contributed by atoms with van der Waals surface area (Å²) in [6, 6.07) is 0.239. The third-order valence-corrected chi connectivity index (χ3v) is 2.26. The van der Waals surface area contributed by atoms with Crippen molar-refractivity contribution in [1.82, 2.24) is 10.2 Å². The van der Waals surface area contributed by atoms with Crippen LogP contribution in [0.15, 0.2) is 0 Å². The van der Waals surface area contributed by atoms with Gasteiger partial charge in [0.2, 0.25) is 0 Å². The van der Waals surface area contributed by atoms with Gasteiger partial charge < -0.3 is 10.2 Å². The van der Waals surface area contributed by atoms with Crippen molar-refractivity contribution in [1.29, 1.82) is 0 Å². The highest BCUT2D eigenvalue weighted by molar-refractivity contribution is 4.65. The van der Waals surface area contributed by atoms with E-state index in [-0.39, 0.29) is 12.5 Å². The van der Waals surface area contributed by atoms with E-state index in [1.165, 1.54) is 0 Å². The van der Waals surface area contributed by atoms with Crippen molar-refractivity contribution in [3.63, 3.8) is 0 Å². The van der Waals surface area contributed by atoms with Crippen LogP contribution < -0.4 is 5.32 Å². The number of rotatable bonds is 7.